The zero-order valence-corrected chi connectivity index (χ0v) is 11.6. The van der Waals surface area contributed by atoms with E-state index in [0.717, 1.165) is 12.2 Å². The lowest BCUT2D eigenvalue weighted by Crippen LogP contribution is -2.27. The number of rotatable bonds is 9. The van der Waals surface area contributed by atoms with Crippen molar-refractivity contribution in [2.45, 2.75) is 44.8 Å². The molecule has 0 saturated carbocycles. The minimum atomic E-state index is -0.941. The summed E-state index contributed by atoms with van der Waals surface area (Å²) in [6, 6.07) is 7.12. The van der Waals surface area contributed by atoms with Crippen molar-refractivity contribution in [1.29, 1.82) is 0 Å². The summed E-state index contributed by atoms with van der Waals surface area (Å²) in [5.74, 6) is 0.787. The molecule has 4 N–H and O–H groups in total. The summed E-state index contributed by atoms with van der Waals surface area (Å²) in [7, 11) is 0. The van der Waals surface area contributed by atoms with Crippen LogP contribution in [0.5, 0.6) is 5.75 Å². The molecule has 0 aliphatic rings. The van der Waals surface area contributed by atoms with Crippen molar-refractivity contribution in [1.82, 2.24) is 0 Å². The smallest absolute Gasteiger partial charge is 0.119 e. The number of unbranched alkanes of at least 4 members (excludes halogenated alkanes) is 3. The Morgan fingerprint density at radius 1 is 1.11 bits per heavy atom. The zero-order valence-electron chi connectivity index (χ0n) is 11.6. The fourth-order valence-corrected chi connectivity index (χ4v) is 1.83. The van der Waals surface area contributed by atoms with E-state index >= 15 is 0 Å². The molecule has 0 radical (unpaired) electrons. The quantitative estimate of drug-likeness (QED) is 0.598. The van der Waals surface area contributed by atoms with Crippen molar-refractivity contribution < 1.29 is 14.9 Å². The first-order chi connectivity index (χ1) is 9.19. The fraction of sp³-hybridized carbons (Fsp3) is 0.600. The van der Waals surface area contributed by atoms with Crippen molar-refractivity contribution in [3.05, 3.63) is 29.8 Å². The molecule has 0 spiro atoms. The first-order valence-corrected chi connectivity index (χ1v) is 6.98. The van der Waals surface area contributed by atoms with Gasteiger partial charge in [-0.1, -0.05) is 38.3 Å². The minimum absolute atomic E-state index is 0.0385. The normalized spacial score (nSPS) is 14.1. The maximum absolute atomic E-state index is 9.78. The van der Waals surface area contributed by atoms with Crippen molar-refractivity contribution >= 4 is 0 Å². The Balaban J connectivity index is 2.39. The molecule has 0 fully saturated rings. The molecule has 4 nitrogen and oxygen atoms in total. The SMILES string of the molecule is CCCCCCOc1ccc(C(O)C(O)CN)cc1. The third-order valence-electron chi connectivity index (χ3n) is 3.09. The highest BCUT2D eigenvalue weighted by atomic mass is 16.5. The van der Waals surface area contributed by atoms with Crippen LogP contribution in [-0.2, 0) is 0 Å². The van der Waals surface area contributed by atoms with Crippen LogP contribution in [0.25, 0.3) is 0 Å². The molecule has 4 heteroatoms. The Labute approximate surface area is 115 Å². The molecule has 0 aliphatic carbocycles. The molecule has 0 heterocycles. The largest absolute Gasteiger partial charge is 0.494 e. The molecule has 0 aliphatic heterocycles. The Morgan fingerprint density at radius 2 is 1.79 bits per heavy atom. The lowest BCUT2D eigenvalue weighted by molar-refractivity contribution is 0.0243. The van der Waals surface area contributed by atoms with Gasteiger partial charge < -0.3 is 20.7 Å². The average molecular weight is 267 g/mol. The standard InChI is InChI=1S/C15H25NO3/c1-2-3-4-5-10-19-13-8-6-12(7-9-13)15(18)14(17)11-16/h6-9,14-15,17-18H,2-5,10-11,16H2,1H3. The summed E-state index contributed by atoms with van der Waals surface area (Å²) in [5.41, 5.74) is 5.96. The van der Waals surface area contributed by atoms with Crippen LogP contribution >= 0.6 is 0 Å². The molecular weight excluding hydrogens is 242 g/mol. The minimum Gasteiger partial charge on any atom is -0.494 e. The van der Waals surface area contributed by atoms with E-state index in [-0.39, 0.29) is 6.54 Å². The van der Waals surface area contributed by atoms with E-state index in [1.807, 2.05) is 12.1 Å². The predicted molar refractivity (Wildman–Crippen MR) is 76.1 cm³/mol. The van der Waals surface area contributed by atoms with Gasteiger partial charge in [-0.3, -0.25) is 0 Å². The van der Waals surface area contributed by atoms with Crippen molar-refractivity contribution in [2.24, 2.45) is 5.73 Å². The topological polar surface area (TPSA) is 75.7 Å². The monoisotopic (exact) mass is 267 g/mol. The number of aliphatic hydroxyl groups is 2. The number of aliphatic hydroxyl groups excluding tert-OH is 2. The number of benzene rings is 1. The van der Waals surface area contributed by atoms with Crippen LogP contribution in [0.1, 0.15) is 44.3 Å². The number of hydrogen-bond acceptors (Lipinski definition) is 4. The maximum atomic E-state index is 9.78. The second kappa shape index (κ2) is 8.91. The highest BCUT2D eigenvalue weighted by molar-refractivity contribution is 5.29. The molecule has 1 aromatic carbocycles. The Kier molecular flexibility index (Phi) is 7.48. The third-order valence-corrected chi connectivity index (χ3v) is 3.09. The molecule has 2 unspecified atom stereocenters. The molecule has 0 amide bonds. The first-order valence-electron chi connectivity index (χ1n) is 6.98. The van der Waals surface area contributed by atoms with E-state index in [9.17, 15) is 10.2 Å². The number of hydrogen-bond donors (Lipinski definition) is 3. The average Bonchev–Trinajstić information content (AvgIpc) is 2.46. The van der Waals surface area contributed by atoms with Crippen LogP contribution in [0.2, 0.25) is 0 Å². The van der Waals surface area contributed by atoms with Crippen LogP contribution < -0.4 is 10.5 Å². The van der Waals surface area contributed by atoms with Crippen molar-refractivity contribution in [2.75, 3.05) is 13.2 Å². The van der Waals surface area contributed by atoms with Crippen molar-refractivity contribution in [3.63, 3.8) is 0 Å². The van der Waals surface area contributed by atoms with Crippen LogP contribution in [0.4, 0.5) is 0 Å². The van der Waals surface area contributed by atoms with Crippen LogP contribution in [0, 0.1) is 0 Å². The van der Waals surface area contributed by atoms with Gasteiger partial charge >= 0.3 is 0 Å². The van der Waals surface area contributed by atoms with E-state index in [0.29, 0.717) is 12.2 Å². The van der Waals surface area contributed by atoms with Crippen LogP contribution in [0.3, 0.4) is 0 Å². The molecule has 0 bridgehead atoms. The fourth-order valence-electron chi connectivity index (χ4n) is 1.83. The second-order valence-corrected chi connectivity index (χ2v) is 4.73. The third kappa shape index (κ3) is 5.59. The van der Waals surface area contributed by atoms with Gasteiger partial charge in [-0.05, 0) is 24.1 Å². The van der Waals surface area contributed by atoms with Gasteiger partial charge in [0.1, 0.15) is 11.9 Å². The van der Waals surface area contributed by atoms with Crippen molar-refractivity contribution in [3.8, 4) is 5.75 Å². The van der Waals surface area contributed by atoms with E-state index in [1.54, 1.807) is 12.1 Å². The van der Waals surface area contributed by atoms with E-state index in [1.165, 1.54) is 19.3 Å². The lowest BCUT2D eigenvalue weighted by atomic mass is 10.0. The summed E-state index contributed by atoms with van der Waals surface area (Å²) >= 11 is 0. The van der Waals surface area contributed by atoms with Gasteiger partial charge in [0.25, 0.3) is 0 Å². The van der Waals surface area contributed by atoms with E-state index < -0.39 is 12.2 Å². The Hall–Kier alpha value is -1.10. The van der Waals surface area contributed by atoms with Gasteiger partial charge in [0, 0.05) is 6.54 Å². The molecule has 1 aromatic rings. The zero-order chi connectivity index (χ0) is 14.1. The Morgan fingerprint density at radius 3 is 2.37 bits per heavy atom. The summed E-state index contributed by atoms with van der Waals surface area (Å²) in [6.07, 6.45) is 2.84. The van der Waals surface area contributed by atoms with E-state index in [4.69, 9.17) is 10.5 Å². The summed E-state index contributed by atoms with van der Waals surface area (Å²) in [5, 5.41) is 19.2. The van der Waals surface area contributed by atoms with Gasteiger partial charge in [0.15, 0.2) is 0 Å². The first kappa shape index (κ1) is 16.0. The molecule has 108 valence electrons. The van der Waals surface area contributed by atoms with Gasteiger partial charge in [-0.2, -0.15) is 0 Å². The predicted octanol–water partition coefficient (Wildman–Crippen LogP) is 2.00. The Bertz CT molecular complexity index is 340. The molecule has 2 atom stereocenters. The highest BCUT2D eigenvalue weighted by Gasteiger charge is 2.16. The van der Waals surface area contributed by atoms with Gasteiger partial charge in [0.05, 0.1) is 12.7 Å². The summed E-state index contributed by atoms with van der Waals surface area (Å²) in [6.45, 7) is 2.94. The maximum Gasteiger partial charge on any atom is 0.119 e. The summed E-state index contributed by atoms with van der Waals surface area (Å²) in [4.78, 5) is 0. The van der Waals surface area contributed by atoms with Crippen LogP contribution in [0.15, 0.2) is 24.3 Å². The number of ether oxygens (including phenoxy) is 1. The summed E-state index contributed by atoms with van der Waals surface area (Å²) < 4.78 is 5.61. The molecule has 0 aromatic heterocycles. The van der Waals surface area contributed by atoms with Gasteiger partial charge in [-0.25, -0.2) is 0 Å². The molecule has 1 rings (SSSR count). The second-order valence-electron chi connectivity index (χ2n) is 4.73. The lowest BCUT2D eigenvalue weighted by Gasteiger charge is -2.16. The van der Waals surface area contributed by atoms with Crippen LogP contribution in [-0.4, -0.2) is 29.5 Å². The van der Waals surface area contributed by atoms with Gasteiger partial charge in [0.2, 0.25) is 0 Å². The van der Waals surface area contributed by atoms with E-state index in [2.05, 4.69) is 6.92 Å². The highest BCUT2D eigenvalue weighted by Crippen LogP contribution is 2.20. The number of nitrogens with two attached hydrogens (primary N) is 1. The van der Waals surface area contributed by atoms with Gasteiger partial charge in [-0.15, -0.1) is 0 Å². The molecule has 0 saturated heterocycles. The molecule has 19 heavy (non-hydrogen) atoms. The molecular formula is C15H25NO3.